The minimum Gasteiger partial charge on any atom is -0.480 e. The van der Waals surface area contributed by atoms with Crippen molar-refractivity contribution in [3.8, 4) is 17.0 Å². The number of pyridine rings is 1. The van der Waals surface area contributed by atoms with Crippen molar-refractivity contribution in [3.05, 3.63) is 36.7 Å². The molecule has 156 valence electrons. The average molecular weight is 410 g/mol. The minimum absolute atomic E-state index is 0.194. The minimum atomic E-state index is -0.597. The Hall–Kier alpha value is -3.20. The topological polar surface area (TPSA) is 100 Å². The maximum Gasteiger partial charge on any atom is 0.228 e. The normalized spacial score (nSPS) is 21.9. The van der Waals surface area contributed by atoms with Crippen molar-refractivity contribution in [2.75, 3.05) is 12.4 Å². The summed E-state index contributed by atoms with van der Waals surface area (Å²) < 4.78 is 21.6. The molecule has 3 N–H and O–H groups in total. The second-order valence-corrected chi connectivity index (χ2v) is 8.13. The zero-order valence-corrected chi connectivity index (χ0v) is 16.8. The van der Waals surface area contributed by atoms with Gasteiger partial charge >= 0.3 is 0 Å². The van der Waals surface area contributed by atoms with Crippen LogP contribution in [0.4, 0.5) is 10.3 Å². The molecular formula is C21H23FN6O2. The van der Waals surface area contributed by atoms with E-state index >= 15 is 0 Å². The van der Waals surface area contributed by atoms with Crippen molar-refractivity contribution < 1.29 is 14.2 Å². The summed E-state index contributed by atoms with van der Waals surface area (Å²) >= 11 is 0. The van der Waals surface area contributed by atoms with E-state index in [1.54, 1.807) is 30.1 Å². The first-order valence-electron chi connectivity index (χ1n) is 9.98. The Morgan fingerprint density at radius 3 is 2.90 bits per heavy atom. The quantitative estimate of drug-likeness (QED) is 0.476. The van der Waals surface area contributed by atoms with E-state index < -0.39 is 11.4 Å². The summed E-state index contributed by atoms with van der Waals surface area (Å²) in [6, 6.07) is 1.64. The molecule has 1 aliphatic rings. The summed E-state index contributed by atoms with van der Waals surface area (Å²) in [6.07, 6.45) is 10.0. The first-order chi connectivity index (χ1) is 14.4. The Morgan fingerprint density at radius 1 is 1.33 bits per heavy atom. The molecule has 1 saturated carbocycles. The Bertz CT molecular complexity index is 1220. The van der Waals surface area contributed by atoms with Gasteiger partial charge in [0.15, 0.2) is 11.5 Å². The SMILES string of the molecule is COc1nc(NC2CCC(C)(O)CC2)nc2[nH]cc(-c3cc(F)c4nccn4c3)c12. The van der Waals surface area contributed by atoms with Gasteiger partial charge in [0.05, 0.1) is 18.1 Å². The molecule has 9 heteroatoms. The Balaban J connectivity index is 1.51. The van der Waals surface area contributed by atoms with Crippen LogP contribution in [0.15, 0.2) is 30.9 Å². The number of ether oxygens (including phenoxy) is 1. The maximum absolute atomic E-state index is 14.4. The first-order valence-corrected chi connectivity index (χ1v) is 9.98. The van der Waals surface area contributed by atoms with Crippen LogP contribution in [0.3, 0.4) is 0 Å². The molecule has 8 nitrogen and oxygen atoms in total. The second kappa shape index (κ2) is 6.94. The molecule has 5 rings (SSSR count). The van der Waals surface area contributed by atoms with Crippen molar-refractivity contribution in [1.29, 1.82) is 0 Å². The number of nitrogens with one attached hydrogen (secondary N) is 2. The lowest BCUT2D eigenvalue weighted by Crippen LogP contribution is -2.36. The van der Waals surface area contributed by atoms with Gasteiger partial charge in [-0.1, -0.05) is 0 Å². The molecule has 1 fully saturated rings. The largest absolute Gasteiger partial charge is 0.480 e. The lowest BCUT2D eigenvalue weighted by atomic mass is 9.84. The van der Waals surface area contributed by atoms with Gasteiger partial charge in [-0.25, -0.2) is 9.37 Å². The van der Waals surface area contributed by atoms with Gasteiger partial charge in [-0.3, -0.25) is 0 Å². The van der Waals surface area contributed by atoms with Gasteiger partial charge in [-0.2, -0.15) is 9.97 Å². The van der Waals surface area contributed by atoms with Crippen molar-refractivity contribution in [2.24, 2.45) is 0 Å². The third-order valence-corrected chi connectivity index (χ3v) is 5.84. The summed E-state index contributed by atoms with van der Waals surface area (Å²) in [4.78, 5) is 16.3. The molecule has 0 bridgehead atoms. The van der Waals surface area contributed by atoms with Crippen molar-refractivity contribution in [3.63, 3.8) is 0 Å². The first kappa shape index (κ1) is 18.8. The third-order valence-electron chi connectivity index (χ3n) is 5.84. The number of aromatic amines is 1. The molecule has 0 radical (unpaired) electrons. The number of aliphatic hydroxyl groups is 1. The van der Waals surface area contributed by atoms with Gasteiger partial charge in [0.1, 0.15) is 5.65 Å². The van der Waals surface area contributed by atoms with Crippen LogP contribution >= 0.6 is 0 Å². The number of hydrogen-bond donors (Lipinski definition) is 3. The standard InChI is InChI=1S/C21H23FN6O2/c1-21(29)5-3-13(4-6-21)25-20-26-17-16(19(27-20)30-2)14(10-24-17)12-9-15(22)18-23-7-8-28(18)11-12/h7-11,13,29H,3-6H2,1-2H3,(H2,24,25,26,27). The summed E-state index contributed by atoms with van der Waals surface area (Å²) in [5.41, 5.74) is 1.70. The number of hydrogen-bond acceptors (Lipinski definition) is 6. The summed E-state index contributed by atoms with van der Waals surface area (Å²) in [5.74, 6) is 0.474. The lowest BCUT2D eigenvalue weighted by molar-refractivity contribution is 0.0195. The highest BCUT2D eigenvalue weighted by atomic mass is 19.1. The zero-order chi connectivity index (χ0) is 20.9. The van der Waals surface area contributed by atoms with Crippen molar-refractivity contribution in [2.45, 2.75) is 44.2 Å². The summed E-state index contributed by atoms with van der Waals surface area (Å²) in [7, 11) is 1.56. The number of halogens is 1. The molecule has 4 aromatic rings. The number of rotatable bonds is 4. The van der Waals surface area contributed by atoms with E-state index in [1.807, 2.05) is 13.1 Å². The Kier molecular flexibility index (Phi) is 4.35. The van der Waals surface area contributed by atoms with Crippen LogP contribution in [0.2, 0.25) is 0 Å². The van der Waals surface area contributed by atoms with E-state index in [9.17, 15) is 9.50 Å². The molecule has 0 unspecified atom stereocenters. The molecule has 0 aliphatic heterocycles. The van der Waals surface area contributed by atoms with E-state index in [1.165, 1.54) is 6.07 Å². The van der Waals surface area contributed by atoms with Gasteiger partial charge in [0.2, 0.25) is 11.8 Å². The highest BCUT2D eigenvalue weighted by Gasteiger charge is 2.29. The number of anilines is 1. The Morgan fingerprint density at radius 2 is 2.13 bits per heavy atom. The predicted octanol–water partition coefficient (Wildman–Crippen LogP) is 3.53. The smallest absolute Gasteiger partial charge is 0.228 e. The van der Waals surface area contributed by atoms with Crippen LogP contribution in [-0.2, 0) is 0 Å². The highest BCUT2D eigenvalue weighted by Crippen LogP contribution is 2.35. The van der Waals surface area contributed by atoms with Gasteiger partial charge in [0, 0.05) is 42.0 Å². The van der Waals surface area contributed by atoms with Gasteiger partial charge in [-0.15, -0.1) is 0 Å². The van der Waals surface area contributed by atoms with Gasteiger partial charge < -0.3 is 24.5 Å². The number of fused-ring (bicyclic) bond motifs is 2. The van der Waals surface area contributed by atoms with Crippen molar-refractivity contribution >= 4 is 22.6 Å². The van der Waals surface area contributed by atoms with Crippen LogP contribution in [0.1, 0.15) is 32.6 Å². The number of nitrogens with zero attached hydrogens (tertiary/aromatic N) is 4. The van der Waals surface area contributed by atoms with E-state index in [2.05, 4.69) is 25.3 Å². The van der Waals surface area contributed by atoms with E-state index in [4.69, 9.17) is 4.74 Å². The average Bonchev–Trinajstić information content (AvgIpc) is 3.36. The van der Waals surface area contributed by atoms with Gasteiger partial charge in [0.25, 0.3) is 0 Å². The number of aromatic nitrogens is 5. The van der Waals surface area contributed by atoms with Crippen molar-refractivity contribution in [1.82, 2.24) is 24.3 Å². The molecule has 4 heterocycles. The zero-order valence-electron chi connectivity index (χ0n) is 16.8. The number of imidazole rings is 1. The van der Waals surface area contributed by atoms with E-state index in [0.29, 0.717) is 28.4 Å². The molecule has 0 aromatic carbocycles. The summed E-state index contributed by atoms with van der Waals surface area (Å²) in [5, 5.41) is 14.2. The number of methoxy groups -OCH3 is 1. The fourth-order valence-corrected chi connectivity index (χ4v) is 4.14. The summed E-state index contributed by atoms with van der Waals surface area (Å²) in [6.45, 7) is 1.87. The third kappa shape index (κ3) is 3.24. The maximum atomic E-state index is 14.4. The molecule has 30 heavy (non-hydrogen) atoms. The highest BCUT2D eigenvalue weighted by molar-refractivity contribution is 5.97. The van der Waals surface area contributed by atoms with E-state index in [0.717, 1.165) is 31.2 Å². The second-order valence-electron chi connectivity index (χ2n) is 8.13. The lowest BCUT2D eigenvalue weighted by Gasteiger charge is -2.33. The number of H-pyrrole nitrogens is 1. The molecule has 0 spiro atoms. The van der Waals surface area contributed by atoms with Crippen LogP contribution in [-0.4, -0.2) is 48.2 Å². The Labute approximate surface area is 172 Å². The molecule has 4 aromatic heterocycles. The molecular weight excluding hydrogens is 387 g/mol. The van der Waals surface area contributed by atoms with E-state index in [-0.39, 0.29) is 11.7 Å². The van der Waals surface area contributed by atoms with Crippen LogP contribution in [0.25, 0.3) is 27.8 Å². The molecule has 1 aliphatic carbocycles. The fourth-order valence-electron chi connectivity index (χ4n) is 4.14. The molecule has 0 saturated heterocycles. The monoisotopic (exact) mass is 410 g/mol. The van der Waals surface area contributed by atoms with Gasteiger partial charge in [-0.05, 0) is 38.7 Å². The van der Waals surface area contributed by atoms with Crippen LogP contribution in [0, 0.1) is 5.82 Å². The molecule has 0 atom stereocenters. The van der Waals surface area contributed by atoms with Crippen LogP contribution < -0.4 is 10.1 Å². The van der Waals surface area contributed by atoms with Crippen LogP contribution in [0.5, 0.6) is 5.88 Å². The fraction of sp³-hybridized carbons (Fsp3) is 0.381. The predicted molar refractivity (Wildman–Crippen MR) is 111 cm³/mol. The molecule has 0 amide bonds.